The molecule has 12 nitrogen and oxygen atoms in total. The SMILES string of the molecule is COc1cc(C(O)C(=O)O)c(OC)cc1OCN1/C(=C/C=C2C(=O)N(C)C(=S)N(C)C2=O)N(C)c2ccccc21. The van der Waals surface area contributed by atoms with Crippen LogP contribution in [0.1, 0.15) is 11.7 Å². The van der Waals surface area contributed by atoms with Gasteiger partial charge in [0.15, 0.2) is 29.4 Å². The van der Waals surface area contributed by atoms with Crippen molar-refractivity contribution in [1.82, 2.24) is 9.80 Å². The van der Waals surface area contributed by atoms with Crippen molar-refractivity contribution in [2.24, 2.45) is 0 Å². The van der Waals surface area contributed by atoms with Crippen molar-refractivity contribution in [2.75, 3.05) is 51.9 Å². The number of ether oxygens (including phenoxy) is 3. The van der Waals surface area contributed by atoms with Crippen molar-refractivity contribution >= 4 is 46.5 Å². The molecule has 1 atom stereocenters. The molecule has 2 aromatic carbocycles. The normalized spacial score (nSPS) is 16.9. The van der Waals surface area contributed by atoms with Crippen molar-refractivity contribution < 1.29 is 38.8 Å². The summed E-state index contributed by atoms with van der Waals surface area (Å²) in [5.74, 6) is -1.33. The molecular formula is C27H28N4O8S. The van der Waals surface area contributed by atoms with Crippen LogP contribution in [0.15, 0.2) is 59.9 Å². The summed E-state index contributed by atoms with van der Waals surface area (Å²) >= 11 is 5.16. The van der Waals surface area contributed by atoms with E-state index in [0.717, 1.165) is 11.4 Å². The molecule has 1 unspecified atom stereocenters. The van der Waals surface area contributed by atoms with E-state index in [-0.39, 0.29) is 40.2 Å². The molecule has 2 aliphatic heterocycles. The van der Waals surface area contributed by atoms with Crippen molar-refractivity contribution in [1.29, 1.82) is 0 Å². The lowest BCUT2D eigenvalue weighted by Gasteiger charge is -2.31. The first kappa shape index (κ1) is 28.4. The number of carboxylic acid groups (broad SMARTS) is 1. The third kappa shape index (κ3) is 4.92. The number of anilines is 2. The Bertz CT molecular complexity index is 1430. The minimum Gasteiger partial charge on any atom is -0.496 e. The Balaban J connectivity index is 1.70. The lowest BCUT2D eigenvalue weighted by molar-refractivity contribution is -0.147. The first-order valence-electron chi connectivity index (χ1n) is 11.9. The van der Waals surface area contributed by atoms with Crippen LogP contribution in [0.3, 0.4) is 0 Å². The number of amides is 2. The maximum atomic E-state index is 12.8. The molecule has 210 valence electrons. The number of hydrogen-bond acceptors (Lipinski definition) is 10. The predicted molar refractivity (Wildman–Crippen MR) is 149 cm³/mol. The molecule has 0 aromatic heterocycles. The molecular weight excluding hydrogens is 540 g/mol. The smallest absolute Gasteiger partial charge is 0.337 e. The number of aliphatic hydroxyl groups is 1. The van der Waals surface area contributed by atoms with E-state index in [2.05, 4.69) is 0 Å². The number of benzene rings is 2. The van der Waals surface area contributed by atoms with Gasteiger partial charge in [-0.15, -0.1) is 0 Å². The van der Waals surface area contributed by atoms with Gasteiger partial charge in [-0.25, -0.2) is 4.79 Å². The van der Waals surface area contributed by atoms with E-state index >= 15 is 0 Å². The zero-order chi connectivity index (χ0) is 29.3. The van der Waals surface area contributed by atoms with Gasteiger partial charge in [-0.1, -0.05) is 12.1 Å². The van der Waals surface area contributed by atoms with Crippen LogP contribution < -0.4 is 24.0 Å². The van der Waals surface area contributed by atoms with Crippen molar-refractivity contribution in [3.05, 3.63) is 65.5 Å². The molecule has 2 aliphatic rings. The quantitative estimate of drug-likeness (QED) is 0.276. The monoisotopic (exact) mass is 568 g/mol. The summed E-state index contributed by atoms with van der Waals surface area (Å²) in [4.78, 5) is 43.1. The maximum Gasteiger partial charge on any atom is 0.337 e. The number of carbonyl (C=O) groups is 3. The number of thiocarbonyl (C=S) groups is 1. The van der Waals surface area contributed by atoms with Crippen LogP contribution in [0.2, 0.25) is 0 Å². The lowest BCUT2D eigenvalue weighted by atomic mass is 10.1. The number of aliphatic hydroxyl groups excluding tert-OH is 1. The summed E-state index contributed by atoms with van der Waals surface area (Å²) in [6.45, 7) is -0.0392. The number of allylic oxidation sites excluding steroid dienone is 2. The molecule has 0 radical (unpaired) electrons. The molecule has 13 heteroatoms. The van der Waals surface area contributed by atoms with Crippen LogP contribution in [0.25, 0.3) is 0 Å². The highest BCUT2D eigenvalue weighted by Gasteiger charge is 2.36. The standard InChI is InChI=1S/C27H28N4O8S/c1-28-17-8-6-7-9-18(17)31(22(28)11-10-15-24(33)29(2)27(40)30(3)25(15)34)14-39-21-13-19(37-4)16(12-20(21)38-5)23(32)26(35)36/h6-13,23,32H,14H2,1-5H3,(H,35,36)/b22-11+. The molecule has 0 saturated carbocycles. The van der Waals surface area contributed by atoms with Crippen molar-refractivity contribution in [2.45, 2.75) is 6.10 Å². The van der Waals surface area contributed by atoms with E-state index in [4.69, 9.17) is 26.4 Å². The highest BCUT2D eigenvalue weighted by molar-refractivity contribution is 7.80. The van der Waals surface area contributed by atoms with Crippen LogP contribution in [-0.2, 0) is 14.4 Å². The molecule has 40 heavy (non-hydrogen) atoms. The number of likely N-dealkylation sites (N-methyl/N-ethyl adjacent to an activating group) is 2. The Morgan fingerprint density at radius 1 is 0.925 bits per heavy atom. The molecule has 2 N–H and O–H groups in total. The lowest BCUT2D eigenvalue weighted by Crippen LogP contribution is -2.52. The minimum atomic E-state index is -1.82. The summed E-state index contributed by atoms with van der Waals surface area (Å²) in [7, 11) is 7.59. The van der Waals surface area contributed by atoms with Crippen molar-refractivity contribution in [3.8, 4) is 17.2 Å². The number of aliphatic carboxylic acids is 1. The fourth-order valence-corrected chi connectivity index (χ4v) is 4.55. The van der Waals surface area contributed by atoms with Crippen LogP contribution in [0.4, 0.5) is 11.4 Å². The first-order valence-corrected chi connectivity index (χ1v) is 12.3. The third-order valence-electron chi connectivity index (χ3n) is 6.59. The largest absolute Gasteiger partial charge is 0.496 e. The van der Waals surface area contributed by atoms with E-state index in [1.807, 2.05) is 41.1 Å². The molecule has 0 spiro atoms. The average Bonchev–Trinajstić information content (AvgIpc) is 3.23. The van der Waals surface area contributed by atoms with Gasteiger partial charge in [-0.2, -0.15) is 0 Å². The summed E-state index contributed by atoms with van der Waals surface area (Å²) in [6, 6.07) is 10.3. The van der Waals surface area contributed by atoms with Crippen LogP contribution >= 0.6 is 12.2 Å². The number of carbonyl (C=O) groups excluding carboxylic acids is 2. The third-order valence-corrected chi connectivity index (χ3v) is 7.14. The van der Waals surface area contributed by atoms with E-state index in [9.17, 15) is 24.6 Å². The van der Waals surface area contributed by atoms with E-state index in [0.29, 0.717) is 5.82 Å². The first-order chi connectivity index (χ1) is 19.0. The van der Waals surface area contributed by atoms with Gasteiger partial charge in [0, 0.05) is 32.8 Å². The number of hydrogen-bond donors (Lipinski definition) is 2. The second kappa shape index (κ2) is 11.2. The number of para-hydroxylation sites is 2. The van der Waals surface area contributed by atoms with Gasteiger partial charge >= 0.3 is 5.97 Å². The van der Waals surface area contributed by atoms with E-state index in [1.54, 1.807) is 6.08 Å². The summed E-state index contributed by atoms with van der Waals surface area (Å²) in [5.41, 5.74) is 1.62. The van der Waals surface area contributed by atoms with Crippen molar-refractivity contribution in [3.63, 3.8) is 0 Å². The van der Waals surface area contributed by atoms with Crippen LogP contribution in [-0.4, -0.2) is 85.0 Å². The number of carboxylic acids is 1. The molecule has 2 aromatic rings. The molecule has 1 saturated heterocycles. The number of rotatable bonds is 8. The summed E-state index contributed by atoms with van der Waals surface area (Å²) in [5, 5.41) is 19.4. The zero-order valence-electron chi connectivity index (χ0n) is 22.4. The molecule has 2 heterocycles. The minimum absolute atomic E-state index is 0.00824. The Labute approximate surface area is 235 Å². The van der Waals surface area contributed by atoms with Gasteiger partial charge in [0.1, 0.15) is 17.1 Å². The number of methoxy groups -OCH3 is 2. The van der Waals surface area contributed by atoms with Crippen LogP contribution in [0.5, 0.6) is 17.2 Å². The molecule has 0 bridgehead atoms. The highest BCUT2D eigenvalue weighted by Crippen LogP contribution is 2.42. The topological polar surface area (TPSA) is 132 Å². The Morgan fingerprint density at radius 3 is 2.10 bits per heavy atom. The predicted octanol–water partition coefficient (Wildman–Crippen LogP) is 2.10. The Hall–Kier alpha value is -4.62. The number of fused-ring (bicyclic) bond motifs is 1. The second-order valence-electron chi connectivity index (χ2n) is 8.85. The van der Waals surface area contributed by atoms with Gasteiger partial charge in [-0.3, -0.25) is 24.3 Å². The van der Waals surface area contributed by atoms with Gasteiger partial charge in [-0.05, 0) is 42.6 Å². The van der Waals surface area contributed by atoms with Gasteiger partial charge in [0.05, 0.1) is 25.6 Å². The van der Waals surface area contributed by atoms with E-state index < -0.39 is 23.9 Å². The van der Waals surface area contributed by atoms with E-state index in [1.165, 1.54) is 56.3 Å². The summed E-state index contributed by atoms with van der Waals surface area (Å²) < 4.78 is 16.8. The molecule has 1 fully saturated rings. The summed E-state index contributed by atoms with van der Waals surface area (Å²) in [6.07, 6.45) is 1.28. The molecule has 4 rings (SSSR count). The van der Waals surface area contributed by atoms with Crippen LogP contribution in [0, 0.1) is 0 Å². The van der Waals surface area contributed by atoms with Gasteiger partial charge in [0.25, 0.3) is 11.8 Å². The zero-order valence-corrected chi connectivity index (χ0v) is 23.3. The molecule has 0 aliphatic carbocycles. The fourth-order valence-electron chi connectivity index (χ4n) is 4.38. The van der Waals surface area contributed by atoms with Gasteiger partial charge in [0.2, 0.25) is 0 Å². The second-order valence-corrected chi connectivity index (χ2v) is 9.22. The highest BCUT2D eigenvalue weighted by atomic mass is 32.1. The average molecular weight is 569 g/mol. The maximum absolute atomic E-state index is 12.8. The molecule has 2 amide bonds. The fraction of sp³-hybridized carbons (Fsp3) is 0.259. The van der Waals surface area contributed by atoms with Gasteiger partial charge < -0.3 is 29.3 Å². The Morgan fingerprint density at radius 2 is 1.52 bits per heavy atom. The Kier molecular flexibility index (Phi) is 7.98. The number of nitrogens with zero attached hydrogens (tertiary/aromatic N) is 4.